The summed E-state index contributed by atoms with van der Waals surface area (Å²) in [5, 5.41) is 12.7. The molecule has 1 aliphatic rings. The summed E-state index contributed by atoms with van der Waals surface area (Å²) in [6, 6.07) is 16.4. The van der Waals surface area contributed by atoms with Gasteiger partial charge in [0.15, 0.2) is 11.0 Å². The SMILES string of the molecule is CN1CCN(C(=O)CSc2nnc(CNC(=O)c3ccc(Cl)cc3)n2-c2ccccc2)CC1. The van der Waals surface area contributed by atoms with Crippen molar-refractivity contribution in [1.29, 1.82) is 0 Å². The van der Waals surface area contributed by atoms with Gasteiger partial charge >= 0.3 is 0 Å². The number of hydrogen-bond donors (Lipinski definition) is 1. The zero-order valence-corrected chi connectivity index (χ0v) is 19.8. The Morgan fingerprint density at radius 1 is 1.00 bits per heavy atom. The molecule has 8 nitrogen and oxygen atoms in total. The molecule has 1 saturated heterocycles. The van der Waals surface area contributed by atoms with Gasteiger partial charge in [-0.15, -0.1) is 10.2 Å². The Morgan fingerprint density at radius 2 is 1.70 bits per heavy atom. The third kappa shape index (κ3) is 5.93. The molecule has 4 rings (SSSR count). The Hall–Kier alpha value is -2.88. The molecular weight excluding hydrogens is 460 g/mol. The van der Waals surface area contributed by atoms with Gasteiger partial charge in [0.05, 0.1) is 12.3 Å². The number of nitrogens with zero attached hydrogens (tertiary/aromatic N) is 5. The predicted octanol–water partition coefficient (Wildman–Crippen LogP) is 2.72. The number of aromatic nitrogens is 3. The number of halogens is 1. The highest BCUT2D eigenvalue weighted by Gasteiger charge is 2.21. The summed E-state index contributed by atoms with van der Waals surface area (Å²) in [6.07, 6.45) is 0. The van der Waals surface area contributed by atoms with E-state index >= 15 is 0 Å². The summed E-state index contributed by atoms with van der Waals surface area (Å²) < 4.78 is 1.88. The van der Waals surface area contributed by atoms with E-state index in [9.17, 15) is 9.59 Å². The Bertz CT molecular complexity index is 1100. The minimum absolute atomic E-state index is 0.0910. The highest BCUT2D eigenvalue weighted by molar-refractivity contribution is 7.99. The number of carbonyl (C=O) groups is 2. The minimum Gasteiger partial charge on any atom is -0.345 e. The molecule has 3 aromatic rings. The van der Waals surface area contributed by atoms with E-state index in [-0.39, 0.29) is 24.1 Å². The first-order valence-corrected chi connectivity index (χ1v) is 12.0. The molecule has 2 aromatic carbocycles. The molecule has 0 radical (unpaired) electrons. The van der Waals surface area contributed by atoms with E-state index < -0.39 is 0 Å². The van der Waals surface area contributed by atoms with Crippen LogP contribution in [0.15, 0.2) is 59.8 Å². The van der Waals surface area contributed by atoms with Crippen molar-refractivity contribution in [3.05, 3.63) is 71.0 Å². The van der Waals surface area contributed by atoms with Crippen molar-refractivity contribution in [2.24, 2.45) is 0 Å². The zero-order chi connectivity index (χ0) is 23.2. The van der Waals surface area contributed by atoms with Crippen LogP contribution < -0.4 is 5.32 Å². The van der Waals surface area contributed by atoms with Crippen LogP contribution in [0.5, 0.6) is 0 Å². The van der Waals surface area contributed by atoms with E-state index in [1.54, 1.807) is 24.3 Å². The number of amides is 2. The van der Waals surface area contributed by atoms with Gasteiger partial charge in [0.25, 0.3) is 5.91 Å². The molecule has 0 spiro atoms. The number of likely N-dealkylation sites (N-methyl/N-ethyl adjacent to an activating group) is 1. The van der Waals surface area contributed by atoms with Gasteiger partial charge in [0, 0.05) is 42.5 Å². The maximum absolute atomic E-state index is 12.7. The average Bonchev–Trinajstić information content (AvgIpc) is 3.25. The third-order valence-electron chi connectivity index (χ3n) is 5.41. The van der Waals surface area contributed by atoms with Gasteiger partial charge in [-0.2, -0.15) is 0 Å². The Balaban J connectivity index is 1.47. The van der Waals surface area contributed by atoms with Gasteiger partial charge in [0.1, 0.15) is 0 Å². The van der Waals surface area contributed by atoms with E-state index in [1.807, 2.05) is 39.8 Å². The maximum Gasteiger partial charge on any atom is 0.251 e. The number of thioether (sulfide) groups is 1. The molecule has 2 heterocycles. The second-order valence-electron chi connectivity index (χ2n) is 7.73. The first-order chi connectivity index (χ1) is 16.0. The molecule has 1 aromatic heterocycles. The van der Waals surface area contributed by atoms with Crippen LogP contribution in [0, 0.1) is 0 Å². The smallest absolute Gasteiger partial charge is 0.251 e. The number of nitrogens with one attached hydrogen (secondary N) is 1. The van der Waals surface area contributed by atoms with Crippen LogP contribution in [0.4, 0.5) is 0 Å². The molecular formula is C23H25ClN6O2S. The molecule has 0 atom stereocenters. The standard InChI is InChI=1S/C23H25ClN6O2S/c1-28-11-13-29(14-12-28)21(31)16-33-23-27-26-20(30(23)19-5-3-2-4-6-19)15-25-22(32)17-7-9-18(24)10-8-17/h2-10H,11-16H2,1H3,(H,25,32). The topological polar surface area (TPSA) is 83.4 Å². The van der Waals surface area contributed by atoms with Crippen molar-refractivity contribution < 1.29 is 9.59 Å². The molecule has 0 aliphatic carbocycles. The van der Waals surface area contributed by atoms with Crippen LogP contribution in [0.25, 0.3) is 5.69 Å². The molecule has 1 N–H and O–H groups in total. The molecule has 172 valence electrons. The largest absolute Gasteiger partial charge is 0.345 e. The molecule has 0 unspecified atom stereocenters. The minimum atomic E-state index is -0.228. The van der Waals surface area contributed by atoms with Crippen molar-refractivity contribution in [1.82, 2.24) is 29.9 Å². The summed E-state index contributed by atoms with van der Waals surface area (Å²) >= 11 is 7.26. The summed E-state index contributed by atoms with van der Waals surface area (Å²) in [5.74, 6) is 0.728. The first kappa shape index (κ1) is 23.3. The van der Waals surface area contributed by atoms with Gasteiger partial charge in [-0.1, -0.05) is 41.6 Å². The summed E-state index contributed by atoms with van der Waals surface area (Å²) in [4.78, 5) is 29.3. The zero-order valence-electron chi connectivity index (χ0n) is 18.3. The number of hydrogen-bond acceptors (Lipinski definition) is 6. The van der Waals surface area contributed by atoms with Gasteiger partial charge < -0.3 is 15.1 Å². The maximum atomic E-state index is 12.7. The van der Waals surface area contributed by atoms with Crippen LogP contribution in [-0.4, -0.2) is 75.4 Å². The van der Waals surface area contributed by atoms with Crippen molar-refractivity contribution in [2.45, 2.75) is 11.7 Å². The fourth-order valence-corrected chi connectivity index (χ4v) is 4.48. The van der Waals surface area contributed by atoms with E-state index in [0.717, 1.165) is 31.9 Å². The van der Waals surface area contributed by atoms with Crippen molar-refractivity contribution in [3.8, 4) is 5.69 Å². The van der Waals surface area contributed by atoms with E-state index in [4.69, 9.17) is 11.6 Å². The monoisotopic (exact) mass is 484 g/mol. The molecule has 33 heavy (non-hydrogen) atoms. The Morgan fingerprint density at radius 3 is 2.39 bits per heavy atom. The Kier molecular flexibility index (Phi) is 7.64. The number of piperazine rings is 1. The van der Waals surface area contributed by atoms with Gasteiger partial charge in [-0.25, -0.2) is 0 Å². The van der Waals surface area contributed by atoms with Crippen molar-refractivity contribution >= 4 is 35.2 Å². The first-order valence-electron chi connectivity index (χ1n) is 10.6. The average molecular weight is 485 g/mol. The molecule has 0 bridgehead atoms. The second-order valence-corrected chi connectivity index (χ2v) is 9.11. The lowest BCUT2D eigenvalue weighted by molar-refractivity contribution is -0.129. The van der Waals surface area contributed by atoms with Gasteiger partial charge in [0.2, 0.25) is 5.91 Å². The highest BCUT2D eigenvalue weighted by Crippen LogP contribution is 2.23. The molecule has 2 amide bonds. The predicted molar refractivity (Wildman–Crippen MR) is 129 cm³/mol. The number of para-hydroxylation sites is 1. The van der Waals surface area contributed by atoms with Crippen LogP contribution in [0.3, 0.4) is 0 Å². The molecule has 10 heteroatoms. The van der Waals surface area contributed by atoms with Crippen LogP contribution in [0.2, 0.25) is 5.02 Å². The van der Waals surface area contributed by atoms with Gasteiger partial charge in [-0.05, 0) is 43.4 Å². The highest BCUT2D eigenvalue weighted by atomic mass is 35.5. The van der Waals surface area contributed by atoms with Crippen molar-refractivity contribution in [3.63, 3.8) is 0 Å². The van der Waals surface area contributed by atoms with Crippen molar-refractivity contribution in [2.75, 3.05) is 39.0 Å². The number of benzene rings is 2. The van der Waals surface area contributed by atoms with Crippen LogP contribution in [-0.2, 0) is 11.3 Å². The summed E-state index contributed by atoms with van der Waals surface area (Å²) in [7, 11) is 2.06. The fraction of sp³-hybridized carbons (Fsp3) is 0.304. The fourth-order valence-electron chi connectivity index (χ4n) is 3.48. The lowest BCUT2D eigenvalue weighted by atomic mass is 10.2. The van der Waals surface area contributed by atoms with E-state index in [2.05, 4.69) is 27.5 Å². The molecule has 1 aliphatic heterocycles. The second kappa shape index (κ2) is 10.8. The quantitative estimate of drug-likeness (QED) is 0.519. The normalized spacial score (nSPS) is 14.3. The summed E-state index contributed by atoms with van der Waals surface area (Å²) in [5.41, 5.74) is 1.38. The number of rotatable bonds is 7. The lowest BCUT2D eigenvalue weighted by Crippen LogP contribution is -2.47. The van der Waals surface area contributed by atoms with E-state index in [0.29, 0.717) is 21.6 Å². The summed E-state index contributed by atoms with van der Waals surface area (Å²) in [6.45, 7) is 3.44. The van der Waals surface area contributed by atoms with Gasteiger partial charge in [-0.3, -0.25) is 14.2 Å². The lowest BCUT2D eigenvalue weighted by Gasteiger charge is -2.32. The Labute approximate surface area is 201 Å². The number of carbonyl (C=O) groups excluding carboxylic acids is 2. The molecule has 0 saturated carbocycles. The van der Waals surface area contributed by atoms with Crippen LogP contribution >= 0.6 is 23.4 Å². The van der Waals surface area contributed by atoms with E-state index in [1.165, 1.54) is 11.8 Å². The molecule has 1 fully saturated rings. The third-order valence-corrected chi connectivity index (χ3v) is 6.57. The van der Waals surface area contributed by atoms with Crippen LogP contribution in [0.1, 0.15) is 16.2 Å².